The Morgan fingerprint density at radius 1 is 1.37 bits per heavy atom. The van der Waals surface area contributed by atoms with Gasteiger partial charge in [-0.25, -0.2) is 4.79 Å². The number of nitrogens with zero attached hydrogens (tertiary/aromatic N) is 1. The zero-order valence-electron chi connectivity index (χ0n) is 14.3. The van der Waals surface area contributed by atoms with Crippen molar-refractivity contribution in [2.24, 2.45) is 0 Å². The van der Waals surface area contributed by atoms with E-state index < -0.39 is 46.8 Å². The van der Waals surface area contributed by atoms with Gasteiger partial charge in [0.2, 0.25) is 5.91 Å². The number of alkyl halides is 3. The number of para-hydroxylation sites is 1. The number of hydrogen-bond donors (Lipinski definition) is 1. The molecule has 2 amide bonds. The standard InChI is InChI=1S/C17H17F3N2O4S/c1-16-7-6-14(24)22(16)12(9-27-16)15(25)26-8-13(23)21-11-5-3-2-4-10(11)17(18,19)20/h2-5,12H,6-9H2,1H3,(H,21,23)/t12-,16-/m1/s1. The SMILES string of the molecule is C[C@@]12CCC(=O)N1[C@@H](C(=O)OCC(=O)Nc1ccccc1C(F)(F)F)CS2. The Balaban J connectivity index is 1.59. The minimum atomic E-state index is -4.62. The lowest BCUT2D eigenvalue weighted by atomic mass is 10.1. The molecule has 3 rings (SSSR count). The van der Waals surface area contributed by atoms with Crippen molar-refractivity contribution < 1.29 is 32.3 Å². The molecule has 2 saturated heterocycles. The van der Waals surface area contributed by atoms with Gasteiger partial charge in [-0.15, -0.1) is 11.8 Å². The first-order valence-electron chi connectivity index (χ1n) is 8.21. The van der Waals surface area contributed by atoms with E-state index in [-0.39, 0.29) is 5.91 Å². The van der Waals surface area contributed by atoms with Crippen LogP contribution in [0.3, 0.4) is 0 Å². The van der Waals surface area contributed by atoms with Crippen LogP contribution >= 0.6 is 11.8 Å². The van der Waals surface area contributed by atoms with Gasteiger partial charge in [-0.1, -0.05) is 12.1 Å². The molecule has 1 aromatic rings. The van der Waals surface area contributed by atoms with E-state index in [0.29, 0.717) is 18.6 Å². The van der Waals surface area contributed by atoms with E-state index in [1.807, 2.05) is 6.92 Å². The third kappa shape index (κ3) is 3.90. The molecule has 2 aliphatic rings. The molecule has 0 spiro atoms. The third-order valence-electron chi connectivity index (χ3n) is 4.57. The summed E-state index contributed by atoms with van der Waals surface area (Å²) in [6, 6.07) is 3.74. The number of carbonyl (C=O) groups excluding carboxylic acids is 3. The van der Waals surface area contributed by atoms with Gasteiger partial charge in [0, 0.05) is 12.2 Å². The molecule has 0 bridgehead atoms. The van der Waals surface area contributed by atoms with Gasteiger partial charge in [0.1, 0.15) is 6.04 Å². The maximum absolute atomic E-state index is 12.9. The number of ether oxygens (including phenoxy) is 1. The van der Waals surface area contributed by atoms with Crippen molar-refractivity contribution in [2.45, 2.75) is 36.9 Å². The average molecular weight is 402 g/mol. The molecule has 6 nitrogen and oxygen atoms in total. The molecule has 2 fully saturated rings. The van der Waals surface area contributed by atoms with Crippen LogP contribution in [0.4, 0.5) is 18.9 Å². The molecule has 0 saturated carbocycles. The molecule has 2 atom stereocenters. The van der Waals surface area contributed by atoms with Gasteiger partial charge in [0.25, 0.3) is 5.91 Å². The Kier molecular flexibility index (Phi) is 5.11. The number of rotatable bonds is 4. The molecule has 1 N–H and O–H groups in total. The zero-order chi connectivity index (χ0) is 19.8. The molecule has 2 heterocycles. The number of nitrogens with one attached hydrogen (secondary N) is 1. The van der Waals surface area contributed by atoms with Crippen LogP contribution in [0.15, 0.2) is 24.3 Å². The van der Waals surface area contributed by atoms with Crippen LogP contribution < -0.4 is 5.32 Å². The first-order chi connectivity index (χ1) is 12.6. The van der Waals surface area contributed by atoms with E-state index in [1.165, 1.54) is 28.8 Å². The number of amides is 2. The Morgan fingerprint density at radius 2 is 2.07 bits per heavy atom. The van der Waals surface area contributed by atoms with Crippen LogP contribution in [0.5, 0.6) is 0 Å². The Labute approximate surface area is 157 Å². The number of fused-ring (bicyclic) bond motifs is 1. The first kappa shape index (κ1) is 19.5. The average Bonchev–Trinajstić information content (AvgIpc) is 3.08. The van der Waals surface area contributed by atoms with E-state index in [9.17, 15) is 27.6 Å². The van der Waals surface area contributed by atoms with Crippen molar-refractivity contribution in [3.63, 3.8) is 0 Å². The van der Waals surface area contributed by atoms with Crippen molar-refractivity contribution in [1.82, 2.24) is 4.90 Å². The molecule has 146 valence electrons. The van der Waals surface area contributed by atoms with Gasteiger partial charge >= 0.3 is 12.1 Å². The second kappa shape index (κ2) is 7.06. The van der Waals surface area contributed by atoms with Crippen LogP contribution in [0.1, 0.15) is 25.3 Å². The summed E-state index contributed by atoms with van der Waals surface area (Å²) in [6.45, 7) is 1.14. The molecule has 0 radical (unpaired) electrons. The number of hydrogen-bond acceptors (Lipinski definition) is 5. The summed E-state index contributed by atoms with van der Waals surface area (Å²) in [5.41, 5.74) is -1.40. The van der Waals surface area contributed by atoms with E-state index >= 15 is 0 Å². The fraction of sp³-hybridized carbons (Fsp3) is 0.471. The lowest BCUT2D eigenvalue weighted by Gasteiger charge is -2.29. The minimum absolute atomic E-state index is 0.145. The van der Waals surface area contributed by atoms with Crippen LogP contribution in [0, 0.1) is 0 Å². The minimum Gasteiger partial charge on any atom is -0.454 e. The maximum Gasteiger partial charge on any atom is 0.418 e. The molecule has 27 heavy (non-hydrogen) atoms. The quantitative estimate of drug-likeness (QED) is 0.784. The van der Waals surface area contributed by atoms with Crippen LogP contribution in [-0.4, -0.2) is 46.0 Å². The normalized spacial score (nSPS) is 24.7. The topological polar surface area (TPSA) is 75.7 Å². The predicted octanol–water partition coefficient (Wildman–Crippen LogP) is 2.64. The van der Waals surface area contributed by atoms with Crippen molar-refractivity contribution in [3.8, 4) is 0 Å². The summed E-state index contributed by atoms with van der Waals surface area (Å²) in [6.07, 6.45) is -3.64. The summed E-state index contributed by atoms with van der Waals surface area (Å²) < 4.78 is 43.8. The number of carbonyl (C=O) groups is 3. The Bertz CT molecular complexity index is 786. The summed E-state index contributed by atoms with van der Waals surface area (Å²) in [5, 5.41) is 2.10. The van der Waals surface area contributed by atoms with Crippen molar-refractivity contribution in [2.75, 3.05) is 17.7 Å². The van der Waals surface area contributed by atoms with Gasteiger partial charge in [-0.05, 0) is 25.5 Å². The van der Waals surface area contributed by atoms with Crippen LogP contribution in [-0.2, 0) is 25.3 Å². The molecule has 0 unspecified atom stereocenters. The Hall–Kier alpha value is -2.23. The summed E-state index contributed by atoms with van der Waals surface area (Å²) >= 11 is 1.48. The fourth-order valence-electron chi connectivity index (χ4n) is 3.25. The number of thioether (sulfide) groups is 1. The van der Waals surface area contributed by atoms with Gasteiger partial charge in [0.15, 0.2) is 6.61 Å². The number of esters is 1. The monoisotopic (exact) mass is 402 g/mol. The van der Waals surface area contributed by atoms with Crippen molar-refractivity contribution in [3.05, 3.63) is 29.8 Å². The van der Waals surface area contributed by atoms with Crippen LogP contribution in [0.25, 0.3) is 0 Å². The first-order valence-corrected chi connectivity index (χ1v) is 9.19. The maximum atomic E-state index is 12.9. The number of halogens is 3. The highest BCUT2D eigenvalue weighted by Gasteiger charge is 2.53. The smallest absolute Gasteiger partial charge is 0.418 e. The van der Waals surface area contributed by atoms with Gasteiger partial charge in [-0.2, -0.15) is 13.2 Å². The van der Waals surface area contributed by atoms with E-state index in [0.717, 1.165) is 12.1 Å². The molecule has 1 aromatic carbocycles. The summed E-state index contributed by atoms with van der Waals surface area (Å²) in [5.74, 6) is -1.41. The molecule has 2 aliphatic heterocycles. The van der Waals surface area contributed by atoms with E-state index in [1.54, 1.807) is 0 Å². The fourth-order valence-corrected chi connectivity index (χ4v) is 4.67. The lowest BCUT2D eigenvalue weighted by Crippen LogP contribution is -2.47. The summed E-state index contributed by atoms with van der Waals surface area (Å²) in [4.78, 5) is 37.2. The molecule has 0 aliphatic carbocycles. The van der Waals surface area contributed by atoms with Gasteiger partial charge < -0.3 is 15.0 Å². The Morgan fingerprint density at radius 3 is 2.78 bits per heavy atom. The van der Waals surface area contributed by atoms with Crippen molar-refractivity contribution in [1.29, 1.82) is 0 Å². The van der Waals surface area contributed by atoms with Crippen molar-refractivity contribution >= 4 is 35.2 Å². The predicted molar refractivity (Wildman–Crippen MR) is 91.8 cm³/mol. The van der Waals surface area contributed by atoms with Crippen LogP contribution in [0.2, 0.25) is 0 Å². The highest BCUT2D eigenvalue weighted by atomic mass is 32.2. The highest BCUT2D eigenvalue weighted by molar-refractivity contribution is 8.01. The molecular weight excluding hydrogens is 385 g/mol. The zero-order valence-corrected chi connectivity index (χ0v) is 15.2. The largest absolute Gasteiger partial charge is 0.454 e. The van der Waals surface area contributed by atoms with Gasteiger partial charge in [0.05, 0.1) is 16.1 Å². The molecule has 10 heteroatoms. The number of anilines is 1. The third-order valence-corrected chi connectivity index (χ3v) is 6.07. The van der Waals surface area contributed by atoms with Gasteiger partial charge in [-0.3, -0.25) is 9.59 Å². The highest BCUT2D eigenvalue weighted by Crippen LogP contribution is 2.47. The van der Waals surface area contributed by atoms with E-state index in [2.05, 4.69) is 5.32 Å². The second-order valence-corrected chi connectivity index (χ2v) is 7.97. The lowest BCUT2D eigenvalue weighted by molar-refractivity contribution is -0.155. The molecular formula is C17H17F3N2O4S. The number of benzene rings is 1. The summed E-state index contributed by atoms with van der Waals surface area (Å²) in [7, 11) is 0. The molecule has 0 aromatic heterocycles. The van der Waals surface area contributed by atoms with E-state index in [4.69, 9.17) is 4.74 Å². The second-order valence-electron chi connectivity index (χ2n) is 6.46.